The summed E-state index contributed by atoms with van der Waals surface area (Å²) >= 11 is 0. The molecule has 16 heavy (non-hydrogen) atoms. The van der Waals surface area contributed by atoms with Crippen molar-refractivity contribution in [1.82, 2.24) is 0 Å². The maximum Gasteiger partial charge on any atom is 0.316 e. The molecule has 0 saturated carbocycles. The molecule has 0 bridgehead atoms. The first-order chi connectivity index (χ1) is 7.45. The number of rotatable bonds is 2. The van der Waals surface area contributed by atoms with Crippen LogP contribution in [-0.4, -0.2) is 5.97 Å². The summed E-state index contributed by atoms with van der Waals surface area (Å²) in [4.78, 5) is 11.7. The predicted octanol–water partition coefficient (Wildman–Crippen LogP) is 3.67. The largest absolute Gasteiger partial charge is 0.425 e. The Morgan fingerprint density at radius 3 is 2.44 bits per heavy atom. The summed E-state index contributed by atoms with van der Waals surface area (Å²) < 4.78 is 5.37. The molecule has 1 aromatic carbocycles. The maximum atomic E-state index is 11.7. The smallest absolute Gasteiger partial charge is 0.316 e. The molecule has 86 valence electrons. The second-order valence-electron chi connectivity index (χ2n) is 4.68. The molecule has 0 aliphatic heterocycles. The highest BCUT2D eigenvalue weighted by atomic mass is 16.5. The minimum Gasteiger partial charge on any atom is -0.425 e. The van der Waals surface area contributed by atoms with Gasteiger partial charge in [-0.15, -0.1) is 0 Å². The monoisotopic (exact) mass is 218 g/mol. The van der Waals surface area contributed by atoms with E-state index in [0.29, 0.717) is 5.75 Å². The SMILES string of the molecule is C/C=C/c1ccccc1OC(=O)C(C)(C)C. The van der Waals surface area contributed by atoms with Crippen molar-refractivity contribution in [3.8, 4) is 5.75 Å². The first kappa shape index (κ1) is 12.5. The van der Waals surface area contributed by atoms with Crippen LogP contribution in [0.1, 0.15) is 33.3 Å². The van der Waals surface area contributed by atoms with Crippen LogP contribution in [0, 0.1) is 5.41 Å². The third-order valence-electron chi connectivity index (χ3n) is 2.08. The van der Waals surface area contributed by atoms with Gasteiger partial charge in [0.25, 0.3) is 0 Å². The molecule has 2 nitrogen and oxygen atoms in total. The average Bonchev–Trinajstić information content (AvgIpc) is 2.20. The van der Waals surface area contributed by atoms with E-state index in [0.717, 1.165) is 5.56 Å². The van der Waals surface area contributed by atoms with Crippen molar-refractivity contribution in [2.45, 2.75) is 27.7 Å². The van der Waals surface area contributed by atoms with Gasteiger partial charge in [0.15, 0.2) is 0 Å². The Kier molecular flexibility index (Phi) is 3.88. The Hall–Kier alpha value is -1.57. The summed E-state index contributed by atoms with van der Waals surface area (Å²) in [5.41, 5.74) is 0.436. The molecule has 0 radical (unpaired) electrons. The van der Waals surface area contributed by atoms with Crippen LogP contribution in [0.25, 0.3) is 6.08 Å². The summed E-state index contributed by atoms with van der Waals surface area (Å²) in [6, 6.07) is 7.51. The van der Waals surface area contributed by atoms with Crippen LogP contribution >= 0.6 is 0 Å². The van der Waals surface area contributed by atoms with Gasteiger partial charge in [-0.25, -0.2) is 0 Å². The zero-order chi connectivity index (χ0) is 12.2. The second kappa shape index (κ2) is 4.97. The van der Waals surface area contributed by atoms with Crippen LogP contribution in [0.5, 0.6) is 5.75 Å². The first-order valence-electron chi connectivity index (χ1n) is 5.39. The lowest BCUT2D eigenvalue weighted by Crippen LogP contribution is -2.25. The Morgan fingerprint density at radius 1 is 1.25 bits per heavy atom. The van der Waals surface area contributed by atoms with Gasteiger partial charge in [-0.2, -0.15) is 0 Å². The van der Waals surface area contributed by atoms with E-state index in [9.17, 15) is 4.79 Å². The normalized spacial score (nSPS) is 11.8. The summed E-state index contributed by atoms with van der Waals surface area (Å²) in [6.07, 6.45) is 3.84. The Balaban J connectivity index is 2.93. The first-order valence-corrected chi connectivity index (χ1v) is 5.39. The lowest BCUT2D eigenvalue weighted by molar-refractivity contribution is -0.143. The predicted molar refractivity (Wildman–Crippen MR) is 66.2 cm³/mol. The molecule has 1 rings (SSSR count). The minimum absolute atomic E-state index is 0.218. The number of allylic oxidation sites excluding steroid dienone is 1. The molecule has 0 aromatic heterocycles. The molecule has 0 spiro atoms. The van der Waals surface area contributed by atoms with Gasteiger partial charge in [0.1, 0.15) is 5.75 Å². The zero-order valence-corrected chi connectivity index (χ0v) is 10.3. The molecular formula is C14H18O2. The number of ether oxygens (including phenoxy) is 1. The van der Waals surface area contributed by atoms with Crippen molar-refractivity contribution in [2.75, 3.05) is 0 Å². The molecule has 0 unspecified atom stereocenters. The van der Waals surface area contributed by atoms with Crippen LogP contribution < -0.4 is 4.74 Å². The van der Waals surface area contributed by atoms with E-state index in [1.54, 1.807) is 6.07 Å². The Bertz CT molecular complexity index is 397. The number of esters is 1. The standard InChI is InChI=1S/C14H18O2/c1-5-8-11-9-6-7-10-12(11)16-13(15)14(2,3)4/h5-10H,1-4H3/b8-5+. The molecule has 0 fully saturated rings. The van der Waals surface area contributed by atoms with E-state index in [1.165, 1.54) is 0 Å². The lowest BCUT2D eigenvalue weighted by Gasteiger charge is -2.17. The Labute approximate surface area is 96.9 Å². The number of para-hydroxylation sites is 1. The molecule has 0 amide bonds. The highest BCUT2D eigenvalue weighted by molar-refractivity contribution is 5.79. The van der Waals surface area contributed by atoms with Gasteiger partial charge >= 0.3 is 5.97 Å². The molecule has 2 heteroatoms. The fourth-order valence-electron chi connectivity index (χ4n) is 1.14. The molecular weight excluding hydrogens is 200 g/mol. The summed E-state index contributed by atoms with van der Waals surface area (Å²) in [5, 5.41) is 0. The van der Waals surface area contributed by atoms with Crippen molar-refractivity contribution in [3.63, 3.8) is 0 Å². The van der Waals surface area contributed by atoms with Crippen molar-refractivity contribution in [1.29, 1.82) is 0 Å². The average molecular weight is 218 g/mol. The minimum atomic E-state index is -0.483. The van der Waals surface area contributed by atoms with Crippen molar-refractivity contribution >= 4 is 12.0 Å². The number of carbonyl (C=O) groups is 1. The van der Waals surface area contributed by atoms with E-state index in [4.69, 9.17) is 4.74 Å². The van der Waals surface area contributed by atoms with Crippen molar-refractivity contribution in [3.05, 3.63) is 35.9 Å². The van der Waals surface area contributed by atoms with Crippen molar-refractivity contribution in [2.24, 2.45) is 5.41 Å². The van der Waals surface area contributed by atoms with Crippen LogP contribution in [0.4, 0.5) is 0 Å². The number of benzene rings is 1. The van der Waals surface area contributed by atoms with Gasteiger partial charge in [-0.1, -0.05) is 30.4 Å². The van der Waals surface area contributed by atoms with Gasteiger partial charge in [-0.05, 0) is 33.8 Å². The van der Waals surface area contributed by atoms with Gasteiger partial charge in [0, 0.05) is 5.56 Å². The number of carbonyl (C=O) groups excluding carboxylic acids is 1. The lowest BCUT2D eigenvalue weighted by atomic mass is 9.97. The quantitative estimate of drug-likeness (QED) is 0.559. The van der Waals surface area contributed by atoms with Gasteiger partial charge in [0.2, 0.25) is 0 Å². The summed E-state index contributed by atoms with van der Waals surface area (Å²) in [6.45, 7) is 7.46. The zero-order valence-electron chi connectivity index (χ0n) is 10.3. The van der Waals surface area contributed by atoms with Gasteiger partial charge in [-0.3, -0.25) is 4.79 Å². The Morgan fingerprint density at radius 2 is 1.88 bits per heavy atom. The molecule has 0 N–H and O–H groups in total. The van der Waals surface area contributed by atoms with E-state index in [-0.39, 0.29) is 5.97 Å². The molecule has 0 aliphatic carbocycles. The molecule has 0 saturated heterocycles. The fraction of sp³-hybridized carbons (Fsp3) is 0.357. The fourth-order valence-corrected chi connectivity index (χ4v) is 1.14. The molecule has 0 heterocycles. The van der Waals surface area contributed by atoms with E-state index < -0.39 is 5.41 Å². The third-order valence-corrected chi connectivity index (χ3v) is 2.08. The number of hydrogen-bond donors (Lipinski definition) is 0. The van der Waals surface area contributed by atoms with Gasteiger partial charge in [0.05, 0.1) is 5.41 Å². The highest BCUT2D eigenvalue weighted by Gasteiger charge is 2.24. The number of hydrogen-bond acceptors (Lipinski definition) is 2. The molecule has 1 aromatic rings. The van der Waals surface area contributed by atoms with E-state index in [1.807, 2.05) is 58.0 Å². The summed E-state index contributed by atoms with van der Waals surface area (Å²) in [5.74, 6) is 0.393. The second-order valence-corrected chi connectivity index (χ2v) is 4.68. The van der Waals surface area contributed by atoms with E-state index >= 15 is 0 Å². The molecule has 0 atom stereocenters. The topological polar surface area (TPSA) is 26.3 Å². The maximum absolute atomic E-state index is 11.7. The van der Waals surface area contributed by atoms with Crippen LogP contribution in [-0.2, 0) is 4.79 Å². The van der Waals surface area contributed by atoms with Crippen molar-refractivity contribution < 1.29 is 9.53 Å². The third kappa shape index (κ3) is 3.23. The van der Waals surface area contributed by atoms with Crippen LogP contribution in [0.15, 0.2) is 30.3 Å². The van der Waals surface area contributed by atoms with Crippen LogP contribution in [0.2, 0.25) is 0 Å². The van der Waals surface area contributed by atoms with Crippen LogP contribution in [0.3, 0.4) is 0 Å². The summed E-state index contributed by atoms with van der Waals surface area (Å²) in [7, 11) is 0. The highest BCUT2D eigenvalue weighted by Crippen LogP contribution is 2.23. The van der Waals surface area contributed by atoms with E-state index in [2.05, 4.69) is 0 Å². The molecule has 0 aliphatic rings. The van der Waals surface area contributed by atoms with Gasteiger partial charge < -0.3 is 4.74 Å².